The Morgan fingerprint density at radius 1 is 1.32 bits per heavy atom. The molecule has 6 nitrogen and oxygen atoms in total. The fourth-order valence-electron chi connectivity index (χ4n) is 1.98. The summed E-state index contributed by atoms with van der Waals surface area (Å²) in [6, 6.07) is 0. The molecule has 0 atom stereocenters. The highest BCUT2D eigenvalue weighted by Crippen LogP contribution is 2.22. The van der Waals surface area contributed by atoms with Crippen LogP contribution in [0.2, 0.25) is 0 Å². The van der Waals surface area contributed by atoms with Crippen LogP contribution < -0.4 is 0 Å². The number of hydroxylamine groups is 2. The van der Waals surface area contributed by atoms with Gasteiger partial charge in [-0.1, -0.05) is 13.3 Å². The van der Waals surface area contributed by atoms with Crippen LogP contribution in [-0.2, 0) is 16.0 Å². The molecule has 1 N–H and O–H groups in total. The first-order chi connectivity index (χ1) is 8.97. The lowest BCUT2D eigenvalue weighted by Crippen LogP contribution is -2.26. The summed E-state index contributed by atoms with van der Waals surface area (Å²) in [7, 11) is 4.26. The summed E-state index contributed by atoms with van der Waals surface area (Å²) in [6.45, 7) is 3.73. The van der Waals surface area contributed by atoms with E-state index in [0.717, 1.165) is 11.5 Å². The fraction of sp³-hybridized carbons (Fsp3) is 0.538. The normalized spacial score (nSPS) is 10.4. The van der Waals surface area contributed by atoms with Crippen molar-refractivity contribution in [3.8, 4) is 0 Å². The maximum atomic E-state index is 12.2. The predicted molar refractivity (Wildman–Crippen MR) is 70.0 cm³/mol. The average molecular weight is 268 g/mol. The van der Waals surface area contributed by atoms with Crippen LogP contribution >= 0.6 is 0 Å². The van der Waals surface area contributed by atoms with E-state index in [1.54, 1.807) is 6.92 Å². The van der Waals surface area contributed by atoms with E-state index in [1.807, 2.05) is 6.92 Å². The number of ether oxygens (including phenoxy) is 1. The standard InChI is InChI=1S/C13H20N2O4/c1-6-7-9-10(13(17)18-4)8(2)14-11(9)12(16)15(3)19-5/h14H,6-7H2,1-5H3. The molecule has 0 saturated carbocycles. The Balaban J connectivity index is 3.33. The Morgan fingerprint density at radius 2 is 1.95 bits per heavy atom. The second kappa shape index (κ2) is 6.38. The molecule has 0 unspecified atom stereocenters. The zero-order chi connectivity index (χ0) is 14.6. The Labute approximate surface area is 112 Å². The van der Waals surface area contributed by atoms with Crippen LogP contribution in [0.5, 0.6) is 0 Å². The number of aromatic nitrogens is 1. The van der Waals surface area contributed by atoms with E-state index in [1.165, 1.54) is 21.3 Å². The molecule has 1 aromatic rings. The van der Waals surface area contributed by atoms with Gasteiger partial charge in [0.1, 0.15) is 5.69 Å². The lowest BCUT2D eigenvalue weighted by atomic mass is 10.0. The van der Waals surface area contributed by atoms with Crippen molar-refractivity contribution in [2.24, 2.45) is 0 Å². The quantitative estimate of drug-likeness (QED) is 0.651. The van der Waals surface area contributed by atoms with E-state index in [4.69, 9.17) is 9.57 Å². The number of hydrogen-bond acceptors (Lipinski definition) is 4. The van der Waals surface area contributed by atoms with E-state index in [-0.39, 0.29) is 5.91 Å². The first kappa shape index (κ1) is 15.2. The largest absolute Gasteiger partial charge is 0.465 e. The fourth-order valence-corrected chi connectivity index (χ4v) is 1.98. The van der Waals surface area contributed by atoms with Gasteiger partial charge < -0.3 is 9.72 Å². The number of carbonyl (C=O) groups excluding carboxylic acids is 2. The number of aryl methyl sites for hydroxylation is 1. The number of hydrogen-bond donors (Lipinski definition) is 1. The predicted octanol–water partition coefficient (Wildman–Crippen LogP) is 1.70. The average Bonchev–Trinajstić information content (AvgIpc) is 2.73. The molecule has 0 radical (unpaired) electrons. The van der Waals surface area contributed by atoms with Gasteiger partial charge in [0.2, 0.25) is 0 Å². The maximum Gasteiger partial charge on any atom is 0.339 e. The van der Waals surface area contributed by atoms with E-state index < -0.39 is 5.97 Å². The first-order valence-electron chi connectivity index (χ1n) is 6.09. The van der Waals surface area contributed by atoms with E-state index >= 15 is 0 Å². The van der Waals surface area contributed by atoms with E-state index in [0.29, 0.717) is 28.9 Å². The van der Waals surface area contributed by atoms with Crippen molar-refractivity contribution in [2.45, 2.75) is 26.7 Å². The zero-order valence-electron chi connectivity index (χ0n) is 12.0. The van der Waals surface area contributed by atoms with Crippen molar-refractivity contribution in [1.82, 2.24) is 10.0 Å². The Bertz CT molecular complexity index is 479. The highest BCUT2D eigenvalue weighted by molar-refractivity contribution is 6.00. The van der Waals surface area contributed by atoms with Crippen LogP contribution in [0.15, 0.2) is 0 Å². The lowest BCUT2D eigenvalue weighted by Gasteiger charge is -2.13. The smallest absolute Gasteiger partial charge is 0.339 e. The van der Waals surface area contributed by atoms with Crippen LogP contribution in [0.3, 0.4) is 0 Å². The molecule has 1 aromatic heterocycles. The van der Waals surface area contributed by atoms with Gasteiger partial charge in [-0.2, -0.15) is 0 Å². The second-order valence-electron chi connectivity index (χ2n) is 4.21. The summed E-state index contributed by atoms with van der Waals surface area (Å²) < 4.78 is 4.77. The molecule has 0 bridgehead atoms. The van der Waals surface area contributed by atoms with Crippen LogP contribution in [0.1, 0.15) is 45.4 Å². The third kappa shape index (κ3) is 2.96. The summed E-state index contributed by atoms with van der Waals surface area (Å²) in [5.74, 6) is -0.750. The van der Waals surface area contributed by atoms with Crippen molar-refractivity contribution in [2.75, 3.05) is 21.3 Å². The molecular weight excluding hydrogens is 248 g/mol. The molecule has 0 aliphatic heterocycles. The summed E-state index contributed by atoms with van der Waals surface area (Å²) in [6.07, 6.45) is 1.44. The van der Waals surface area contributed by atoms with Gasteiger partial charge in [0.25, 0.3) is 5.91 Å². The number of carbonyl (C=O) groups is 2. The Kier molecular flexibility index (Phi) is 5.11. The summed E-state index contributed by atoms with van der Waals surface area (Å²) in [5, 5.41) is 1.12. The lowest BCUT2D eigenvalue weighted by molar-refractivity contribution is -0.0760. The molecule has 0 aliphatic rings. The Morgan fingerprint density at radius 3 is 2.42 bits per heavy atom. The molecule has 0 aromatic carbocycles. The number of H-pyrrole nitrogens is 1. The van der Waals surface area contributed by atoms with Gasteiger partial charge in [-0.3, -0.25) is 9.63 Å². The summed E-state index contributed by atoms with van der Waals surface area (Å²) in [5.41, 5.74) is 2.13. The molecule has 1 heterocycles. The van der Waals surface area contributed by atoms with Crippen molar-refractivity contribution >= 4 is 11.9 Å². The monoisotopic (exact) mass is 268 g/mol. The zero-order valence-corrected chi connectivity index (χ0v) is 12.0. The minimum Gasteiger partial charge on any atom is -0.465 e. The summed E-state index contributed by atoms with van der Waals surface area (Å²) >= 11 is 0. The maximum absolute atomic E-state index is 12.2. The molecular formula is C13H20N2O4. The van der Waals surface area contributed by atoms with Gasteiger partial charge in [0, 0.05) is 12.7 Å². The van der Waals surface area contributed by atoms with Crippen molar-refractivity contribution in [3.05, 3.63) is 22.5 Å². The minimum absolute atomic E-state index is 0.316. The van der Waals surface area contributed by atoms with Crippen LogP contribution in [0.25, 0.3) is 0 Å². The van der Waals surface area contributed by atoms with Crippen molar-refractivity contribution < 1.29 is 19.2 Å². The van der Waals surface area contributed by atoms with Crippen molar-refractivity contribution in [3.63, 3.8) is 0 Å². The number of methoxy groups -OCH3 is 1. The molecule has 6 heteroatoms. The number of esters is 1. The van der Waals surface area contributed by atoms with Gasteiger partial charge in [-0.15, -0.1) is 0 Å². The van der Waals surface area contributed by atoms with Gasteiger partial charge in [-0.25, -0.2) is 9.86 Å². The molecule has 0 aliphatic carbocycles. The number of nitrogens with one attached hydrogen (secondary N) is 1. The number of nitrogens with zero attached hydrogens (tertiary/aromatic N) is 1. The Hall–Kier alpha value is -1.82. The van der Waals surface area contributed by atoms with Crippen molar-refractivity contribution in [1.29, 1.82) is 0 Å². The minimum atomic E-state index is -0.434. The first-order valence-corrected chi connectivity index (χ1v) is 6.09. The molecule has 1 amide bonds. The van der Waals surface area contributed by atoms with Crippen LogP contribution in [0.4, 0.5) is 0 Å². The molecule has 0 fully saturated rings. The topological polar surface area (TPSA) is 71.6 Å². The third-order valence-electron chi connectivity index (χ3n) is 2.95. The molecule has 1 rings (SSSR count). The van der Waals surface area contributed by atoms with Gasteiger partial charge in [0.15, 0.2) is 0 Å². The SMILES string of the molecule is CCCc1c(C(=O)N(C)OC)[nH]c(C)c1C(=O)OC. The molecule has 0 spiro atoms. The van der Waals surface area contributed by atoms with Gasteiger partial charge >= 0.3 is 5.97 Å². The van der Waals surface area contributed by atoms with Crippen LogP contribution in [-0.4, -0.2) is 43.2 Å². The highest BCUT2D eigenvalue weighted by atomic mass is 16.7. The van der Waals surface area contributed by atoms with Gasteiger partial charge in [0.05, 0.1) is 19.8 Å². The molecule has 0 saturated heterocycles. The summed E-state index contributed by atoms with van der Waals surface area (Å²) in [4.78, 5) is 31.8. The van der Waals surface area contributed by atoms with E-state index in [9.17, 15) is 9.59 Å². The highest BCUT2D eigenvalue weighted by Gasteiger charge is 2.26. The van der Waals surface area contributed by atoms with Crippen LogP contribution in [0, 0.1) is 6.92 Å². The second-order valence-corrected chi connectivity index (χ2v) is 4.21. The number of rotatable bonds is 5. The van der Waals surface area contributed by atoms with Gasteiger partial charge in [-0.05, 0) is 18.9 Å². The molecule has 19 heavy (non-hydrogen) atoms. The van der Waals surface area contributed by atoms with E-state index in [2.05, 4.69) is 4.98 Å². The molecule has 106 valence electrons. The number of aromatic amines is 1. The number of amides is 1. The third-order valence-corrected chi connectivity index (χ3v) is 2.95.